The second-order valence-electron chi connectivity index (χ2n) is 39.8. The van der Waals surface area contributed by atoms with Gasteiger partial charge in [-0.3, -0.25) is 74.5 Å². The van der Waals surface area contributed by atoms with Crippen LogP contribution in [0.3, 0.4) is 0 Å². The highest BCUT2D eigenvalue weighted by atomic mass is 16.6. The lowest BCUT2D eigenvalue weighted by Crippen LogP contribution is -2.58. The fourth-order valence-electron chi connectivity index (χ4n) is 25.9. The molecule has 10 fully saturated rings. The molecule has 5 saturated carbocycles. The van der Waals surface area contributed by atoms with E-state index in [9.17, 15) is 89.2 Å². The molecule has 0 bridgehead atoms. The number of likely N-dealkylation sites (tertiary alicyclic amines) is 3. The number of nitro groups is 5. The molecule has 31 heteroatoms. The molecule has 5 saturated heterocycles. The summed E-state index contributed by atoms with van der Waals surface area (Å²) < 4.78 is 15.3. The van der Waals surface area contributed by atoms with E-state index >= 15 is 0 Å². The number of benzene rings is 5. The molecule has 5 aliphatic carbocycles. The van der Waals surface area contributed by atoms with Crippen LogP contribution in [0.2, 0.25) is 0 Å². The molecule has 5 aromatic carbocycles. The van der Waals surface area contributed by atoms with Crippen LogP contribution in [0.25, 0.3) is 0 Å². The summed E-state index contributed by atoms with van der Waals surface area (Å²) in [5.74, 6) is -0.0813. The van der Waals surface area contributed by atoms with Crippen molar-refractivity contribution < 1.29 is 77.5 Å². The van der Waals surface area contributed by atoms with Gasteiger partial charge in [-0.25, -0.2) is 9.59 Å². The quantitative estimate of drug-likeness (QED) is 0.0382. The van der Waals surface area contributed by atoms with E-state index in [4.69, 9.17) is 14.2 Å². The minimum atomic E-state index is -1.25. The van der Waals surface area contributed by atoms with Gasteiger partial charge in [0, 0.05) is 149 Å². The molecule has 4 unspecified atom stereocenters. The summed E-state index contributed by atoms with van der Waals surface area (Å²) in [4.78, 5) is 152. The summed E-state index contributed by atoms with van der Waals surface area (Å²) in [6.45, 7) is 28.2. The van der Waals surface area contributed by atoms with Crippen LogP contribution in [-0.2, 0) is 86.2 Å². The molecule has 129 heavy (non-hydrogen) atoms. The zero-order valence-corrected chi connectivity index (χ0v) is 77.4. The number of amides is 5. The van der Waals surface area contributed by atoms with Crippen LogP contribution in [0.15, 0.2) is 84.9 Å². The number of aryl methyl sites for hydroxylation is 8. The number of carbonyl (C=O) groups is 7. The van der Waals surface area contributed by atoms with Crippen molar-refractivity contribution in [2.75, 3.05) is 73.7 Å². The van der Waals surface area contributed by atoms with E-state index in [1.54, 1.807) is 16.9 Å². The smallest absolute Gasteiger partial charge is 0.328 e. The maximum atomic E-state index is 13.1. The Bertz CT molecular complexity index is 5200. The van der Waals surface area contributed by atoms with Gasteiger partial charge < -0.3 is 43.8 Å². The van der Waals surface area contributed by atoms with E-state index in [0.717, 1.165) is 83.5 Å². The van der Waals surface area contributed by atoms with Crippen molar-refractivity contribution in [3.8, 4) is 5.75 Å². The first-order chi connectivity index (χ1) is 61.0. The molecule has 1 N–H and O–H groups in total. The van der Waals surface area contributed by atoms with Gasteiger partial charge in [-0.1, -0.05) is 107 Å². The van der Waals surface area contributed by atoms with Crippen LogP contribution in [0.1, 0.15) is 182 Å². The number of ether oxygens (including phenoxy) is 3. The monoisotopic (exact) mass is 1780 g/mol. The average molecular weight is 1780 g/mol. The Morgan fingerprint density at radius 1 is 0.465 bits per heavy atom. The molecule has 0 aromatic heterocycles. The molecule has 5 amide bonds. The van der Waals surface area contributed by atoms with E-state index in [1.807, 2.05) is 95.8 Å². The largest absolute Gasteiger partial charge is 0.497 e. The van der Waals surface area contributed by atoms with Crippen LogP contribution < -0.4 is 4.74 Å². The molecule has 7 aliphatic heterocycles. The molecular formula is C98H128N10O21. The van der Waals surface area contributed by atoms with Gasteiger partial charge in [0.25, 0.3) is 0 Å². The topological polar surface area (TPSA) is 399 Å². The molecule has 22 atom stereocenters. The summed E-state index contributed by atoms with van der Waals surface area (Å²) in [6, 6.07) is 27.6. The lowest BCUT2D eigenvalue weighted by molar-refractivity contribution is -0.491. The van der Waals surface area contributed by atoms with Gasteiger partial charge in [0.1, 0.15) is 23.6 Å². The summed E-state index contributed by atoms with van der Waals surface area (Å²) in [6.07, 6.45) is 8.33. The number of hydrogen-bond acceptors (Lipinski definition) is 21. The molecule has 5 aromatic rings. The lowest BCUT2D eigenvalue weighted by atomic mass is 9.72. The maximum absolute atomic E-state index is 13.1. The van der Waals surface area contributed by atoms with Gasteiger partial charge in [0.15, 0.2) is 0 Å². The van der Waals surface area contributed by atoms with Gasteiger partial charge in [0.05, 0.1) is 32.4 Å². The third-order valence-corrected chi connectivity index (χ3v) is 32.6. The highest BCUT2D eigenvalue weighted by Crippen LogP contribution is 2.64. The number of nitrogens with zero attached hydrogens (tertiary/aromatic N) is 10. The first kappa shape index (κ1) is 95.7. The summed E-state index contributed by atoms with van der Waals surface area (Å²) in [5.41, 5.74) is 15.4. The Hall–Kier alpha value is -10.8. The molecule has 17 rings (SSSR count). The summed E-state index contributed by atoms with van der Waals surface area (Å²) in [7, 11) is 4.28. The van der Waals surface area contributed by atoms with Crippen LogP contribution in [0.4, 0.5) is 0 Å². The SMILES string of the molecule is COC(=O)[C@@H]1Cc2cc(C)c(C)cc2[C@@]23C[C@H](C)[C@@H](C[N+](=O)[O-])[C@@H]2CC(=O)N13.COC(=O)[C@H](Cc1ccc(C)c(C)c1)N1C(=O)CC2C1C[C@H](C)[C@H]2C[N+](=O)[O-].COc1cccc(CCN2C(=O)CC3[C@H](C[N+](=O)[O-])[C@@H](C)CC32O)c1.Cc1cc2c(cc1C)[C@@]13C[C@H](C)[C@@H](C[N+](=O)[O-])[C@@H]1CC(=O)N3CC2.Cc1ccc(CCN2C(=O)C[C@@H]3[C@H](C[N+](=O)[O-])[C@@H](C)C[C@@H]32)cc1C. The molecule has 31 nitrogen and oxygen atoms in total. The standard InChI is InChI=1S/C21H26N2O5.C21H28N2O5.C19H24N2O3.C19H26N2O3.C18H24N2O5/c1-11-5-14-7-18(20(25)28-4)23-19(24)8-17-15(10-22(26)27)13(3)9-21(17,23)16(14)6-12(11)2;1-12-5-6-15(7-13(12)2)9-19(21(25)28-4)23-18-8-14(3)17(11-22(26)27)16(18)10-20(23)24;1-11-6-14-4-5-20-18(22)8-17-15(10-21(23)24)13(3)9-19(17,20)16(14)7-12(11)2;1-12-4-5-15(8-13(12)2)6-7-20-18-9-14(3)17(11-21(23)24)16(18)10-19(20)22;1-12-10-18(22)16(15(12)11-20(23)24)9-17(21)19(18)7-6-13-4-3-5-14(8-13)25-2/h5-6,13,15,17-18H,7-10H2,1-4H3;5-7,14,16-19H,8-11H2,1-4H3;6-7,13,15,17H,4-5,8-10H2,1-3H3;4-5,8,14,16-18H,6-7,9-11H2,1-3H3;3-5,8,12,15-16,22H,6-7,9-11H2,1-2H3/t13-,15+,17-,18-,21-;14-,16?,17+,18?,19-;13-,15+,17-,19-;14-,16+,17+,18-;12-,15+,16?,18?/m00000/s1. The first-order valence-corrected chi connectivity index (χ1v) is 46.0. The van der Waals surface area contributed by atoms with E-state index in [1.165, 1.54) is 63.6 Å². The predicted molar refractivity (Wildman–Crippen MR) is 478 cm³/mol. The zero-order valence-electron chi connectivity index (χ0n) is 77.4. The number of methoxy groups -OCH3 is 3. The fourth-order valence-corrected chi connectivity index (χ4v) is 25.9. The molecule has 2 spiro atoms. The van der Waals surface area contributed by atoms with Crippen LogP contribution in [0.5, 0.6) is 5.75 Å². The van der Waals surface area contributed by atoms with Crippen molar-refractivity contribution in [3.63, 3.8) is 0 Å². The van der Waals surface area contributed by atoms with Gasteiger partial charge in [-0.05, 0) is 244 Å². The van der Waals surface area contributed by atoms with E-state index < -0.39 is 35.3 Å². The van der Waals surface area contributed by atoms with Gasteiger partial charge in [-0.15, -0.1) is 0 Å². The molecule has 12 aliphatic rings. The van der Waals surface area contributed by atoms with Gasteiger partial charge in [0.2, 0.25) is 62.3 Å². The minimum Gasteiger partial charge on any atom is -0.497 e. The van der Waals surface area contributed by atoms with E-state index in [0.29, 0.717) is 63.8 Å². The second kappa shape index (κ2) is 38.3. The van der Waals surface area contributed by atoms with Crippen molar-refractivity contribution in [3.05, 3.63) is 219 Å². The lowest BCUT2D eigenvalue weighted by Gasteiger charge is -2.48. The maximum Gasteiger partial charge on any atom is 0.328 e. The molecular weight excluding hydrogens is 1650 g/mol. The Morgan fingerprint density at radius 3 is 1.50 bits per heavy atom. The predicted octanol–water partition coefficient (Wildman–Crippen LogP) is 12.5. The number of esters is 2. The number of hydrogen-bond donors (Lipinski definition) is 1. The van der Waals surface area contributed by atoms with Crippen LogP contribution in [0, 0.1) is 195 Å². The average Bonchev–Trinajstić information content (AvgIpc) is 1.53. The van der Waals surface area contributed by atoms with Crippen molar-refractivity contribution in [2.45, 2.75) is 227 Å². The van der Waals surface area contributed by atoms with Crippen molar-refractivity contribution in [1.29, 1.82) is 0 Å². The Labute approximate surface area is 754 Å². The van der Waals surface area contributed by atoms with Crippen LogP contribution >= 0.6 is 0 Å². The number of carbonyl (C=O) groups excluding carboxylic acids is 7. The number of aliphatic hydroxyl groups is 1. The molecule has 696 valence electrons. The third-order valence-electron chi connectivity index (χ3n) is 32.6. The highest BCUT2D eigenvalue weighted by molar-refractivity contribution is 5.90. The zero-order chi connectivity index (χ0) is 93.8. The third kappa shape index (κ3) is 18.6. The minimum absolute atomic E-state index is 0.000605. The number of rotatable bonds is 22. The number of fused-ring (bicyclic) bond motifs is 5. The van der Waals surface area contributed by atoms with E-state index in [-0.39, 0.29) is 207 Å². The first-order valence-electron chi connectivity index (χ1n) is 46.0. The van der Waals surface area contributed by atoms with Gasteiger partial charge in [-0.2, -0.15) is 0 Å². The molecule has 0 radical (unpaired) electrons. The Morgan fingerprint density at radius 2 is 0.930 bits per heavy atom. The summed E-state index contributed by atoms with van der Waals surface area (Å²) >= 11 is 0. The normalized spacial score (nSPS) is 31.0. The van der Waals surface area contributed by atoms with Crippen LogP contribution in [-0.4, -0.2) is 199 Å². The van der Waals surface area contributed by atoms with Crippen molar-refractivity contribution in [2.24, 2.45) is 88.8 Å². The Balaban J connectivity index is 0.000000138. The Kier molecular flexibility index (Phi) is 28.4. The highest BCUT2D eigenvalue weighted by Gasteiger charge is 2.69. The second-order valence-corrected chi connectivity index (χ2v) is 39.8. The van der Waals surface area contributed by atoms with Crippen molar-refractivity contribution >= 4 is 41.5 Å². The molecule has 7 heterocycles. The van der Waals surface area contributed by atoms with Gasteiger partial charge >= 0.3 is 11.9 Å². The fraction of sp³-hybridized carbons (Fsp3) is 0.622. The summed E-state index contributed by atoms with van der Waals surface area (Å²) in [5, 5.41) is 66.6. The van der Waals surface area contributed by atoms with Crippen molar-refractivity contribution in [1.82, 2.24) is 24.5 Å². The van der Waals surface area contributed by atoms with E-state index in [2.05, 4.69) is 88.9 Å².